The second kappa shape index (κ2) is 6.58. The van der Waals surface area contributed by atoms with E-state index >= 15 is 0 Å². The number of benzene rings is 1. The number of esters is 1. The van der Waals surface area contributed by atoms with Gasteiger partial charge in [-0.2, -0.15) is 0 Å². The van der Waals surface area contributed by atoms with Gasteiger partial charge in [0, 0.05) is 0 Å². The zero-order valence-corrected chi connectivity index (χ0v) is 11.1. The van der Waals surface area contributed by atoms with Crippen LogP contribution in [0.2, 0.25) is 0 Å². The topological polar surface area (TPSA) is 72.8 Å². The van der Waals surface area contributed by atoms with Gasteiger partial charge in [-0.15, -0.1) is 0 Å². The van der Waals surface area contributed by atoms with E-state index in [2.05, 4.69) is 4.74 Å². The quantitative estimate of drug-likeness (QED) is 0.289. The lowest BCUT2D eigenvalue weighted by Crippen LogP contribution is -2.17. The van der Waals surface area contributed by atoms with E-state index in [0.29, 0.717) is 5.75 Å². The van der Waals surface area contributed by atoms with Crippen LogP contribution in [0.25, 0.3) is 0 Å². The summed E-state index contributed by atoms with van der Waals surface area (Å²) in [5.74, 6) is -1.35. The number of carbonyl (C=O) groups excluding carboxylic acids is 2. The molecule has 0 heterocycles. The number of carbonyl (C=O) groups is 2. The fraction of sp³-hybridized carbons (Fsp3) is 0.286. The summed E-state index contributed by atoms with van der Waals surface area (Å²) in [5, 5.41) is 9.74. The predicted molar refractivity (Wildman–Crippen MR) is 69.0 cm³/mol. The summed E-state index contributed by atoms with van der Waals surface area (Å²) in [7, 11) is 1.14. The Morgan fingerprint density at radius 2 is 2.00 bits per heavy atom. The number of ether oxygens (including phenoxy) is 2. The van der Waals surface area contributed by atoms with Crippen LogP contribution in [0.15, 0.2) is 35.6 Å². The summed E-state index contributed by atoms with van der Waals surface area (Å²) in [6.07, 6.45) is 0. The molecule has 0 aliphatic rings. The Hall–Kier alpha value is -2.30. The lowest BCUT2D eigenvalue weighted by Gasteiger charge is -2.09. The molecule has 102 valence electrons. The molecular weight excluding hydrogens is 248 g/mol. The van der Waals surface area contributed by atoms with Crippen molar-refractivity contribution < 1.29 is 24.2 Å². The van der Waals surface area contributed by atoms with Gasteiger partial charge in [-0.25, -0.2) is 4.79 Å². The van der Waals surface area contributed by atoms with E-state index in [4.69, 9.17) is 4.74 Å². The minimum absolute atomic E-state index is 0.270. The Morgan fingerprint density at radius 1 is 1.32 bits per heavy atom. The van der Waals surface area contributed by atoms with Crippen LogP contribution in [0, 0.1) is 6.92 Å². The maximum absolute atomic E-state index is 11.3. The van der Waals surface area contributed by atoms with Crippen molar-refractivity contribution in [2.45, 2.75) is 13.8 Å². The molecule has 1 aromatic rings. The molecule has 0 aromatic heterocycles. The first-order valence-electron chi connectivity index (χ1n) is 5.66. The van der Waals surface area contributed by atoms with Crippen LogP contribution >= 0.6 is 0 Å². The fourth-order valence-electron chi connectivity index (χ4n) is 1.50. The molecule has 0 fully saturated rings. The number of methoxy groups -OCH3 is 1. The molecule has 0 unspecified atom stereocenters. The average molecular weight is 264 g/mol. The average Bonchev–Trinajstić information content (AvgIpc) is 2.36. The summed E-state index contributed by atoms with van der Waals surface area (Å²) in [5.41, 5.74) is 0.607. The molecule has 0 saturated heterocycles. The molecule has 19 heavy (non-hydrogen) atoms. The number of Topliss-reactive ketones (excluding diaryl/α,β-unsaturated/α-hetero) is 1. The van der Waals surface area contributed by atoms with Gasteiger partial charge in [-0.1, -0.05) is 12.1 Å². The van der Waals surface area contributed by atoms with Crippen molar-refractivity contribution >= 4 is 11.8 Å². The first kappa shape index (κ1) is 14.8. The van der Waals surface area contributed by atoms with Crippen molar-refractivity contribution in [1.29, 1.82) is 0 Å². The Kier molecular flexibility index (Phi) is 5.11. The molecule has 5 nitrogen and oxygen atoms in total. The number of aliphatic hydroxyl groups excluding tert-OH is 1. The smallest absolute Gasteiger partial charge is 0.345 e. The van der Waals surface area contributed by atoms with Crippen LogP contribution in [0.4, 0.5) is 0 Å². The molecule has 0 amide bonds. The molecule has 5 heteroatoms. The van der Waals surface area contributed by atoms with Crippen LogP contribution in [0.1, 0.15) is 12.5 Å². The molecule has 1 rings (SSSR count). The van der Waals surface area contributed by atoms with Gasteiger partial charge in [0.2, 0.25) is 0 Å². The molecule has 0 aliphatic carbocycles. The third-order valence-corrected chi connectivity index (χ3v) is 2.40. The highest BCUT2D eigenvalue weighted by Crippen LogP contribution is 2.14. The maximum atomic E-state index is 11.3. The Balaban J connectivity index is 2.84. The highest BCUT2D eigenvalue weighted by atomic mass is 16.5. The lowest BCUT2D eigenvalue weighted by atomic mass is 10.1. The van der Waals surface area contributed by atoms with Gasteiger partial charge >= 0.3 is 5.97 Å². The monoisotopic (exact) mass is 264 g/mol. The van der Waals surface area contributed by atoms with Crippen LogP contribution in [-0.2, 0) is 14.3 Å². The second-order valence-electron chi connectivity index (χ2n) is 3.97. The summed E-state index contributed by atoms with van der Waals surface area (Å²) in [4.78, 5) is 22.6. The Labute approximate surface area is 111 Å². The third-order valence-electron chi connectivity index (χ3n) is 2.40. The molecule has 1 N–H and O–H groups in total. The number of hydrogen-bond donors (Lipinski definition) is 1. The summed E-state index contributed by atoms with van der Waals surface area (Å²) in [6, 6.07) is 7.19. The van der Waals surface area contributed by atoms with Crippen LogP contribution in [0.5, 0.6) is 5.75 Å². The molecular formula is C14H16O5. The van der Waals surface area contributed by atoms with E-state index in [1.807, 2.05) is 13.0 Å². The van der Waals surface area contributed by atoms with E-state index in [1.165, 1.54) is 6.92 Å². The highest BCUT2D eigenvalue weighted by molar-refractivity contribution is 6.16. The Morgan fingerprint density at radius 3 is 2.53 bits per heavy atom. The molecule has 0 saturated carbocycles. The first-order chi connectivity index (χ1) is 8.95. The number of hydrogen-bond acceptors (Lipinski definition) is 5. The Bertz CT molecular complexity index is 516. The van der Waals surface area contributed by atoms with Crippen LogP contribution < -0.4 is 4.74 Å². The van der Waals surface area contributed by atoms with Crippen molar-refractivity contribution in [3.8, 4) is 5.75 Å². The molecule has 1 aromatic carbocycles. The van der Waals surface area contributed by atoms with Gasteiger partial charge in [0.05, 0.1) is 7.11 Å². The number of aliphatic hydroxyl groups is 1. The molecule has 0 aliphatic heterocycles. The van der Waals surface area contributed by atoms with Gasteiger partial charge in [-0.3, -0.25) is 4.79 Å². The van der Waals surface area contributed by atoms with Gasteiger partial charge in [0.15, 0.2) is 5.78 Å². The zero-order valence-electron chi connectivity index (χ0n) is 11.1. The van der Waals surface area contributed by atoms with Gasteiger partial charge in [0.25, 0.3) is 0 Å². The highest BCUT2D eigenvalue weighted by Gasteiger charge is 2.21. The second-order valence-corrected chi connectivity index (χ2v) is 3.97. The maximum Gasteiger partial charge on any atom is 0.345 e. The zero-order chi connectivity index (χ0) is 14.4. The largest absolute Gasteiger partial charge is 0.508 e. The van der Waals surface area contributed by atoms with E-state index in [0.717, 1.165) is 12.7 Å². The van der Waals surface area contributed by atoms with E-state index in [-0.39, 0.29) is 6.61 Å². The van der Waals surface area contributed by atoms with Crippen LogP contribution in [0.3, 0.4) is 0 Å². The molecule has 0 atom stereocenters. The third kappa shape index (κ3) is 4.13. The summed E-state index contributed by atoms with van der Waals surface area (Å²) < 4.78 is 9.74. The van der Waals surface area contributed by atoms with Crippen LogP contribution in [-0.4, -0.2) is 30.6 Å². The minimum atomic E-state index is -0.877. The molecule has 0 spiro atoms. The predicted octanol–water partition coefficient (Wildman–Crippen LogP) is 1.95. The van der Waals surface area contributed by atoms with E-state index in [1.54, 1.807) is 18.2 Å². The number of aryl methyl sites for hydroxylation is 1. The van der Waals surface area contributed by atoms with Crippen molar-refractivity contribution in [3.05, 3.63) is 41.2 Å². The van der Waals surface area contributed by atoms with Gasteiger partial charge < -0.3 is 14.6 Å². The lowest BCUT2D eigenvalue weighted by molar-refractivity contribution is -0.137. The van der Waals surface area contributed by atoms with E-state index in [9.17, 15) is 14.7 Å². The standard InChI is InChI=1S/C14H16O5/c1-9-5-4-6-11(7-9)19-8-12(16)13(10(2)15)14(17)18-3/h4-7,16H,8H2,1-3H3. The SMILES string of the molecule is COC(=O)C(C(C)=O)=C(O)COc1cccc(C)c1. The first-order valence-corrected chi connectivity index (χ1v) is 5.66. The molecule has 0 bridgehead atoms. The minimum Gasteiger partial charge on any atom is -0.508 e. The summed E-state index contributed by atoms with van der Waals surface area (Å²) in [6.45, 7) is 2.81. The van der Waals surface area contributed by atoms with Gasteiger partial charge in [-0.05, 0) is 31.5 Å². The normalized spacial score (nSPS) is 11.5. The van der Waals surface area contributed by atoms with E-state index < -0.39 is 23.1 Å². The van der Waals surface area contributed by atoms with Crippen molar-refractivity contribution in [2.75, 3.05) is 13.7 Å². The summed E-state index contributed by atoms with van der Waals surface area (Å²) >= 11 is 0. The van der Waals surface area contributed by atoms with Gasteiger partial charge in [0.1, 0.15) is 23.7 Å². The number of ketones is 1. The number of rotatable bonds is 5. The van der Waals surface area contributed by atoms with Crippen molar-refractivity contribution in [1.82, 2.24) is 0 Å². The van der Waals surface area contributed by atoms with Crippen molar-refractivity contribution in [3.63, 3.8) is 0 Å². The van der Waals surface area contributed by atoms with Crippen molar-refractivity contribution in [2.24, 2.45) is 0 Å². The molecule has 0 radical (unpaired) electrons. The fourth-order valence-corrected chi connectivity index (χ4v) is 1.50.